The van der Waals surface area contributed by atoms with E-state index in [9.17, 15) is 4.79 Å². The molecule has 0 radical (unpaired) electrons. The normalized spacial score (nSPS) is 10.1. The van der Waals surface area contributed by atoms with Crippen LogP contribution in [0.4, 0.5) is 0 Å². The molecule has 0 heterocycles. The molecule has 1 rings (SSSR count). The Kier molecular flexibility index (Phi) is 3.42. The summed E-state index contributed by atoms with van der Waals surface area (Å²) in [6.07, 6.45) is 0. The quantitative estimate of drug-likeness (QED) is 0.803. The molecule has 0 spiro atoms. The maximum atomic E-state index is 10.6. The van der Waals surface area contributed by atoms with Crippen LogP contribution in [0.1, 0.15) is 15.9 Å². The lowest BCUT2D eigenvalue weighted by Gasteiger charge is -2.03. The summed E-state index contributed by atoms with van der Waals surface area (Å²) in [6, 6.07) is 2.70. The van der Waals surface area contributed by atoms with E-state index < -0.39 is 5.97 Å². The van der Waals surface area contributed by atoms with E-state index in [4.69, 9.17) is 39.9 Å². The Hall–Kier alpha value is -0.440. The zero-order valence-corrected chi connectivity index (χ0v) is 8.62. The van der Waals surface area contributed by atoms with Gasteiger partial charge in [-0.1, -0.05) is 23.2 Å². The van der Waals surface area contributed by atoms with Crippen molar-refractivity contribution in [3.63, 3.8) is 0 Å². The van der Waals surface area contributed by atoms with Crippen molar-refractivity contribution < 1.29 is 9.90 Å². The predicted octanol–water partition coefficient (Wildman–Crippen LogP) is 3.43. The van der Waals surface area contributed by atoms with Crippen LogP contribution in [-0.4, -0.2) is 11.1 Å². The fourth-order valence-corrected chi connectivity index (χ4v) is 1.56. The first-order chi connectivity index (χ1) is 6.06. The van der Waals surface area contributed by atoms with Gasteiger partial charge in [-0.25, -0.2) is 4.79 Å². The molecule has 0 atom stereocenters. The number of carbonyl (C=O) groups is 1. The van der Waals surface area contributed by atoms with Gasteiger partial charge in [-0.15, -0.1) is 11.6 Å². The smallest absolute Gasteiger partial charge is 0.335 e. The SMILES string of the molecule is O=C(O)c1cc(Cl)c(Cl)c(CCl)c1. The molecule has 13 heavy (non-hydrogen) atoms. The number of halogens is 3. The van der Waals surface area contributed by atoms with Gasteiger partial charge < -0.3 is 5.11 Å². The molecule has 0 aliphatic heterocycles. The van der Waals surface area contributed by atoms with E-state index in [1.165, 1.54) is 12.1 Å². The van der Waals surface area contributed by atoms with Gasteiger partial charge >= 0.3 is 5.97 Å². The summed E-state index contributed by atoms with van der Waals surface area (Å²) in [5, 5.41) is 9.19. The third-order valence-corrected chi connectivity index (χ3v) is 2.62. The van der Waals surface area contributed by atoms with E-state index in [0.29, 0.717) is 10.6 Å². The summed E-state index contributed by atoms with van der Waals surface area (Å²) >= 11 is 17.0. The molecule has 70 valence electrons. The average molecular weight is 239 g/mol. The van der Waals surface area contributed by atoms with Crippen LogP contribution < -0.4 is 0 Å². The molecule has 0 bridgehead atoms. The van der Waals surface area contributed by atoms with Gasteiger partial charge in [0.25, 0.3) is 0 Å². The number of benzene rings is 1. The van der Waals surface area contributed by atoms with Crippen molar-refractivity contribution in [1.82, 2.24) is 0 Å². The number of hydrogen-bond acceptors (Lipinski definition) is 1. The van der Waals surface area contributed by atoms with Crippen molar-refractivity contribution in [2.45, 2.75) is 5.88 Å². The minimum atomic E-state index is -1.05. The third-order valence-electron chi connectivity index (χ3n) is 1.49. The van der Waals surface area contributed by atoms with Crippen molar-refractivity contribution in [2.24, 2.45) is 0 Å². The molecule has 0 aromatic heterocycles. The summed E-state index contributed by atoms with van der Waals surface area (Å²) in [5.41, 5.74) is 0.610. The molecule has 0 unspecified atom stereocenters. The van der Waals surface area contributed by atoms with Crippen LogP contribution in [0.25, 0.3) is 0 Å². The van der Waals surface area contributed by atoms with Gasteiger partial charge in [0.15, 0.2) is 0 Å². The zero-order chi connectivity index (χ0) is 10.0. The van der Waals surface area contributed by atoms with Gasteiger partial charge in [-0.05, 0) is 17.7 Å². The molecular weight excluding hydrogens is 234 g/mol. The first-order valence-corrected chi connectivity index (χ1v) is 4.62. The van der Waals surface area contributed by atoms with E-state index in [1.807, 2.05) is 0 Å². The first kappa shape index (κ1) is 10.6. The Labute approximate surface area is 90.0 Å². The predicted molar refractivity (Wildman–Crippen MR) is 53.0 cm³/mol. The van der Waals surface area contributed by atoms with E-state index in [2.05, 4.69) is 0 Å². The average Bonchev–Trinajstić information content (AvgIpc) is 2.09. The minimum Gasteiger partial charge on any atom is -0.478 e. The zero-order valence-electron chi connectivity index (χ0n) is 6.35. The molecule has 0 fully saturated rings. The van der Waals surface area contributed by atoms with Crippen molar-refractivity contribution in [1.29, 1.82) is 0 Å². The maximum absolute atomic E-state index is 10.6. The number of rotatable bonds is 2. The second kappa shape index (κ2) is 4.18. The lowest BCUT2D eigenvalue weighted by Crippen LogP contribution is -1.97. The molecule has 2 nitrogen and oxygen atoms in total. The van der Waals surface area contributed by atoms with Crippen LogP contribution in [0.15, 0.2) is 12.1 Å². The Morgan fingerprint density at radius 1 is 1.38 bits per heavy atom. The van der Waals surface area contributed by atoms with Gasteiger partial charge in [0, 0.05) is 5.88 Å². The first-order valence-electron chi connectivity index (χ1n) is 3.33. The Morgan fingerprint density at radius 2 is 2.00 bits per heavy atom. The molecule has 1 aromatic carbocycles. The lowest BCUT2D eigenvalue weighted by molar-refractivity contribution is 0.0697. The molecule has 1 N–H and O–H groups in total. The Balaban J connectivity index is 3.30. The highest BCUT2D eigenvalue weighted by molar-refractivity contribution is 6.43. The fraction of sp³-hybridized carbons (Fsp3) is 0.125. The lowest BCUT2D eigenvalue weighted by atomic mass is 10.1. The number of aromatic carboxylic acids is 1. The highest BCUT2D eigenvalue weighted by Crippen LogP contribution is 2.28. The van der Waals surface area contributed by atoms with E-state index in [0.717, 1.165) is 0 Å². The van der Waals surface area contributed by atoms with Crippen LogP contribution in [0.3, 0.4) is 0 Å². The summed E-state index contributed by atoms with van der Waals surface area (Å²) in [6.45, 7) is 0. The van der Waals surface area contributed by atoms with Crippen LogP contribution in [0.5, 0.6) is 0 Å². The topological polar surface area (TPSA) is 37.3 Å². The molecular formula is C8H5Cl3O2. The van der Waals surface area contributed by atoms with Gasteiger partial charge in [-0.3, -0.25) is 0 Å². The summed E-state index contributed by atoms with van der Waals surface area (Å²) in [4.78, 5) is 10.6. The van der Waals surface area contributed by atoms with Crippen LogP contribution in [0.2, 0.25) is 10.0 Å². The monoisotopic (exact) mass is 238 g/mol. The molecule has 0 amide bonds. The molecule has 0 saturated heterocycles. The standard InChI is InChI=1S/C8H5Cl3O2/c9-3-5-1-4(8(12)13)2-6(10)7(5)11/h1-2H,3H2,(H,12,13). The number of alkyl halides is 1. The van der Waals surface area contributed by atoms with Crippen molar-refractivity contribution in [2.75, 3.05) is 0 Å². The van der Waals surface area contributed by atoms with E-state index >= 15 is 0 Å². The third kappa shape index (κ3) is 2.27. The van der Waals surface area contributed by atoms with Crippen LogP contribution >= 0.6 is 34.8 Å². The van der Waals surface area contributed by atoms with Crippen molar-refractivity contribution in [3.8, 4) is 0 Å². The second-order valence-electron chi connectivity index (χ2n) is 2.37. The van der Waals surface area contributed by atoms with Gasteiger partial charge in [0.2, 0.25) is 0 Å². The molecule has 1 aromatic rings. The van der Waals surface area contributed by atoms with Crippen LogP contribution in [-0.2, 0) is 5.88 Å². The maximum Gasteiger partial charge on any atom is 0.335 e. The Morgan fingerprint density at radius 3 is 2.46 bits per heavy atom. The summed E-state index contributed by atoms with van der Waals surface area (Å²) in [7, 11) is 0. The van der Waals surface area contributed by atoms with Gasteiger partial charge in [0.1, 0.15) is 0 Å². The van der Waals surface area contributed by atoms with Gasteiger partial charge in [-0.2, -0.15) is 0 Å². The highest BCUT2D eigenvalue weighted by Gasteiger charge is 2.10. The number of carboxylic acid groups (broad SMARTS) is 1. The van der Waals surface area contributed by atoms with Gasteiger partial charge in [0.05, 0.1) is 15.6 Å². The van der Waals surface area contributed by atoms with Crippen LogP contribution in [0, 0.1) is 0 Å². The van der Waals surface area contributed by atoms with E-state index in [1.54, 1.807) is 0 Å². The summed E-state index contributed by atoms with van der Waals surface area (Å²) in [5.74, 6) is -0.912. The Bertz CT molecular complexity index is 349. The summed E-state index contributed by atoms with van der Waals surface area (Å²) < 4.78 is 0. The minimum absolute atomic E-state index is 0.0880. The molecule has 0 aliphatic rings. The molecule has 5 heteroatoms. The molecule has 0 saturated carbocycles. The van der Waals surface area contributed by atoms with Crippen molar-refractivity contribution >= 4 is 40.8 Å². The number of carboxylic acids is 1. The molecule has 0 aliphatic carbocycles. The fourth-order valence-electron chi connectivity index (χ4n) is 0.867. The highest BCUT2D eigenvalue weighted by atomic mass is 35.5. The largest absolute Gasteiger partial charge is 0.478 e. The van der Waals surface area contributed by atoms with Crippen molar-refractivity contribution in [3.05, 3.63) is 33.3 Å². The van der Waals surface area contributed by atoms with E-state index in [-0.39, 0.29) is 16.5 Å². The number of hydrogen-bond donors (Lipinski definition) is 1. The second-order valence-corrected chi connectivity index (χ2v) is 3.42.